The summed E-state index contributed by atoms with van der Waals surface area (Å²) in [6.07, 6.45) is 10.5. The molecule has 0 aliphatic heterocycles. The van der Waals surface area contributed by atoms with Gasteiger partial charge in [-0.2, -0.15) is 0 Å². The summed E-state index contributed by atoms with van der Waals surface area (Å²) in [7, 11) is 0. The number of rotatable bonds is 8. The van der Waals surface area contributed by atoms with Crippen LogP contribution in [0.4, 0.5) is 0 Å². The third kappa shape index (κ3) is 5.74. The van der Waals surface area contributed by atoms with Gasteiger partial charge in [-0.1, -0.05) is 44.9 Å². The Kier molecular flexibility index (Phi) is 7.18. The summed E-state index contributed by atoms with van der Waals surface area (Å²) in [5, 5.41) is 0. The Morgan fingerprint density at radius 1 is 1.22 bits per heavy atom. The van der Waals surface area contributed by atoms with E-state index >= 15 is 0 Å². The van der Waals surface area contributed by atoms with Crippen molar-refractivity contribution in [2.75, 3.05) is 6.79 Å². The summed E-state index contributed by atoms with van der Waals surface area (Å²) in [5.74, 6) is 1.87. The Bertz CT molecular complexity index is 484. The Balaban J connectivity index is 1.76. The molecule has 1 saturated carbocycles. The van der Waals surface area contributed by atoms with Gasteiger partial charge in [-0.3, -0.25) is 0 Å². The molecule has 1 aromatic rings. The average molecular weight is 316 g/mol. The minimum Gasteiger partial charge on any atom is -0.457 e. The van der Waals surface area contributed by atoms with Gasteiger partial charge in [-0.25, -0.2) is 4.79 Å². The molecule has 3 nitrogen and oxygen atoms in total. The number of benzene rings is 1. The van der Waals surface area contributed by atoms with Crippen molar-refractivity contribution in [1.29, 1.82) is 0 Å². The molecule has 1 aromatic carbocycles. The second kappa shape index (κ2) is 9.39. The Morgan fingerprint density at radius 3 is 2.52 bits per heavy atom. The third-order valence-corrected chi connectivity index (χ3v) is 4.76. The number of carbonyl (C=O) groups is 1. The van der Waals surface area contributed by atoms with Crippen molar-refractivity contribution in [1.82, 2.24) is 0 Å². The fourth-order valence-corrected chi connectivity index (χ4v) is 3.33. The normalized spacial score (nSPS) is 20.7. The number of ether oxygens (including phenoxy) is 2. The predicted octanol–water partition coefficient (Wildman–Crippen LogP) is 5.22. The van der Waals surface area contributed by atoms with Crippen molar-refractivity contribution in [3.05, 3.63) is 42.5 Å². The zero-order valence-electron chi connectivity index (χ0n) is 14.1. The van der Waals surface area contributed by atoms with Gasteiger partial charge in [0.25, 0.3) is 0 Å². The summed E-state index contributed by atoms with van der Waals surface area (Å²) >= 11 is 0. The number of carbonyl (C=O) groups excluding carboxylic acids is 1. The molecule has 23 heavy (non-hydrogen) atoms. The molecule has 0 amide bonds. The van der Waals surface area contributed by atoms with E-state index in [-0.39, 0.29) is 6.79 Å². The molecule has 2 rings (SSSR count). The van der Waals surface area contributed by atoms with Crippen LogP contribution in [-0.4, -0.2) is 12.8 Å². The van der Waals surface area contributed by atoms with Gasteiger partial charge in [0.1, 0.15) is 5.75 Å². The average Bonchev–Trinajstić information content (AvgIpc) is 2.61. The summed E-state index contributed by atoms with van der Waals surface area (Å²) in [4.78, 5) is 10.9. The first kappa shape index (κ1) is 17.6. The summed E-state index contributed by atoms with van der Waals surface area (Å²) in [6, 6.07) is 8.20. The van der Waals surface area contributed by atoms with Gasteiger partial charge in [0.15, 0.2) is 0 Å². The minimum absolute atomic E-state index is 0.0766. The monoisotopic (exact) mass is 316 g/mol. The fraction of sp³-hybridized carbons (Fsp3) is 0.550. The summed E-state index contributed by atoms with van der Waals surface area (Å²) < 4.78 is 10.2. The first-order valence-electron chi connectivity index (χ1n) is 8.75. The lowest BCUT2D eigenvalue weighted by Crippen LogP contribution is -2.13. The quantitative estimate of drug-likeness (QED) is 0.375. The maximum absolute atomic E-state index is 10.9. The standard InChI is InChI=1S/C20H28O3/c1-3-5-6-16-7-9-17(10-8-16)18-11-13-19(14-12-18)22-15-23-20(21)4-2/h4,11-14,16-17H,2-3,5-10,15H2,1H3. The largest absolute Gasteiger partial charge is 0.457 e. The minimum atomic E-state index is -0.471. The van der Waals surface area contributed by atoms with Crippen molar-refractivity contribution < 1.29 is 14.3 Å². The van der Waals surface area contributed by atoms with Gasteiger partial charge in [-0.15, -0.1) is 0 Å². The lowest BCUT2D eigenvalue weighted by molar-refractivity contribution is -0.144. The van der Waals surface area contributed by atoms with Crippen molar-refractivity contribution >= 4 is 5.97 Å². The SMILES string of the molecule is C=CC(=O)OCOc1ccc(C2CCC(CCCC)CC2)cc1. The number of hydrogen-bond donors (Lipinski definition) is 0. The van der Waals surface area contributed by atoms with E-state index in [0.717, 1.165) is 17.7 Å². The molecule has 0 bridgehead atoms. The Labute approximate surface area is 139 Å². The highest BCUT2D eigenvalue weighted by atomic mass is 16.7. The molecular weight excluding hydrogens is 288 g/mol. The van der Waals surface area contributed by atoms with Crippen LogP contribution >= 0.6 is 0 Å². The van der Waals surface area contributed by atoms with Crippen LogP contribution < -0.4 is 4.74 Å². The molecule has 1 fully saturated rings. The Morgan fingerprint density at radius 2 is 1.91 bits per heavy atom. The van der Waals surface area contributed by atoms with Crippen LogP contribution in [0.25, 0.3) is 0 Å². The van der Waals surface area contributed by atoms with E-state index in [9.17, 15) is 4.79 Å². The molecule has 1 aliphatic rings. The molecule has 0 spiro atoms. The van der Waals surface area contributed by atoms with E-state index < -0.39 is 5.97 Å². The predicted molar refractivity (Wildman–Crippen MR) is 92.5 cm³/mol. The number of esters is 1. The van der Waals surface area contributed by atoms with Crippen LogP contribution in [0.3, 0.4) is 0 Å². The maximum Gasteiger partial charge on any atom is 0.333 e. The van der Waals surface area contributed by atoms with Crippen LogP contribution in [-0.2, 0) is 9.53 Å². The second-order valence-electron chi connectivity index (χ2n) is 6.36. The Hall–Kier alpha value is -1.77. The van der Waals surface area contributed by atoms with Crippen molar-refractivity contribution in [3.8, 4) is 5.75 Å². The number of unbranched alkanes of at least 4 members (excludes halogenated alkanes) is 1. The lowest BCUT2D eigenvalue weighted by Gasteiger charge is -2.28. The van der Waals surface area contributed by atoms with Crippen molar-refractivity contribution in [2.45, 2.75) is 57.8 Å². The topological polar surface area (TPSA) is 35.5 Å². The zero-order chi connectivity index (χ0) is 16.5. The summed E-state index contributed by atoms with van der Waals surface area (Å²) in [6.45, 7) is 5.54. The van der Waals surface area contributed by atoms with Gasteiger partial charge in [0, 0.05) is 6.08 Å². The molecule has 0 atom stereocenters. The van der Waals surface area contributed by atoms with E-state index in [1.807, 2.05) is 12.1 Å². The van der Waals surface area contributed by atoms with Crippen molar-refractivity contribution in [2.24, 2.45) is 5.92 Å². The van der Waals surface area contributed by atoms with E-state index in [4.69, 9.17) is 9.47 Å². The molecule has 0 saturated heterocycles. The van der Waals surface area contributed by atoms with Crippen LogP contribution in [0.5, 0.6) is 5.75 Å². The van der Waals surface area contributed by atoms with Crippen LogP contribution in [0.1, 0.15) is 63.4 Å². The van der Waals surface area contributed by atoms with Gasteiger partial charge in [-0.05, 0) is 55.2 Å². The van der Waals surface area contributed by atoms with Gasteiger partial charge < -0.3 is 9.47 Å². The smallest absolute Gasteiger partial charge is 0.333 e. The molecule has 0 radical (unpaired) electrons. The molecule has 0 aromatic heterocycles. The fourth-order valence-electron chi connectivity index (χ4n) is 3.33. The lowest BCUT2D eigenvalue weighted by atomic mass is 9.77. The van der Waals surface area contributed by atoms with Crippen LogP contribution in [0.2, 0.25) is 0 Å². The molecular formula is C20H28O3. The molecule has 126 valence electrons. The third-order valence-electron chi connectivity index (χ3n) is 4.76. The summed E-state index contributed by atoms with van der Waals surface area (Å²) in [5.41, 5.74) is 1.40. The maximum atomic E-state index is 10.9. The molecule has 3 heteroatoms. The highest BCUT2D eigenvalue weighted by molar-refractivity contribution is 5.81. The molecule has 0 heterocycles. The first-order valence-corrected chi connectivity index (χ1v) is 8.75. The van der Waals surface area contributed by atoms with Gasteiger partial charge in [0.2, 0.25) is 6.79 Å². The van der Waals surface area contributed by atoms with E-state index in [0.29, 0.717) is 5.92 Å². The second-order valence-corrected chi connectivity index (χ2v) is 6.36. The molecule has 0 N–H and O–H groups in total. The highest BCUT2D eigenvalue weighted by Gasteiger charge is 2.21. The van der Waals surface area contributed by atoms with E-state index in [1.54, 1.807) is 0 Å². The van der Waals surface area contributed by atoms with Gasteiger partial charge in [0.05, 0.1) is 0 Å². The first-order chi connectivity index (χ1) is 11.2. The van der Waals surface area contributed by atoms with E-state index in [1.165, 1.54) is 50.5 Å². The molecule has 1 aliphatic carbocycles. The number of hydrogen-bond acceptors (Lipinski definition) is 3. The van der Waals surface area contributed by atoms with Crippen molar-refractivity contribution in [3.63, 3.8) is 0 Å². The highest BCUT2D eigenvalue weighted by Crippen LogP contribution is 2.38. The van der Waals surface area contributed by atoms with Crippen LogP contribution in [0.15, 0.2) is 36.9 Å². The van der Waals surface area contributed by atoms with E-state index in [2.05, 4.69) is 25.6 Å². The van der Waals surface area contributed by atoms with Gasteiger partial charge >= 0.3 is 5.97 Å². The zero-order valence-corrected chi connectivity index (χ0v) is 14.1. The molecule has 0 unspecified atom stereocenters. The van der Waals surface area contributed by atoms with Crippen LogP contribution in [0, 0.1) is 5.92 Å².